The summed E-state index contributed by atoms with van der Waals surface area (Å²) in [5.41, 5.74) is 1.81. The maximum absolute atomic E-state index is 12.3. The molecule has 1 amide bonds. The summed E-state index contributed by atoms with van der Waals surface area (Å²) in [5.74, 6) is -0.183. The number of hydrogen-bond donors (Lipinski definition) is 1. The van der Waals surface area contributed by atoms with Gasteiger partial charge in [-0.15, -0.1) is 0 Å². The van der Waals surface area contributed by atoms with Crippen LogP contribution < -0.4 is 0 Å². The smallest absolute Gasteiger partial charge is 0.272 e. The van der Waals surface area contributed by atoms with E-state index in [0.717, 1.165) is 5.56 Å². The van der Waals surface area contributed by atoms with Crippen LogP contribution in [0, 0.1) is 0 Å². The highest BCUT2D eigenvalue weighted by atomic mass is 35.5. The number of carbonyl (C=O) groups excluding carboxylic acids is 1. The maximum atomic E-state index is 12.3. The molecule has 0 saturated carbocycles. The summed E-state index contributed by atoms with van der Waals surface area (Å²) in [6.07, 6.45) is 1.54. The van der Waals surface area contributed by atoms with Crippen molar-refractivity contribution in [3.8, 4) is 11.3 Å². The topological polar surface area (TPSA) is 66.3 Å². The highest BCUT2D eigenvalue weighted by Crippen LogP contribution is 2.21. The summed E-state index contributed by atoms with van der Waals surface area (Å²) < 4.78 is 0. The van der Waals surface area contributed by atoms with Crippen LogP contribution in [-0.4, -0.2) is 45.1 Å². The van der Waals surface area contributed by atoms with Crippen LogP contribution in [0.2, 0.25) is 5.02 Å². The molecular formula is C15H14ClN3O2. The fourth-order valence-electron chi connectivity index (χ4n) is 2.37. The second-order valence-corrected chi connectivity index (χ2v) is 5.43. The van der Waals surface area contributed by atoms with Crippen molar-refractivity contribution in [1.82, 2.24) is 14.9 Å². The predicted molar refractivity (Wildman–Crippen MR) is 79.0 cm³/mol. The molecule has 0 bridgehead atoms. The van der Waals surface area contributed by atoms with Gasteiger partial charge in [0.05, 0.1) is 11.8 Å². The van der Waals surface area contributed by atoms with E-state index >= 15 is 0 Å². The average molecular weight is 304 g/mol. The van der Waals surface area contributed by atoms with Crippen molar-refractivity contribution in [2.75, 3.05) is 13.1 Å². The first-order chi connectivity index (χ1) is 10.1. The normalized spacial score (nSPS) is 18.0. The Morgan fingerprint density at radius 2 is 2.19 bits per heavy atom. The molecule has 108 valence electrons. The maximum Gasteiger partial charge on any atom is 0.272 e. The lowest BCUT2D eigenvalue weighted by Crippen LogP contribution is -2.30. The molecule has 2 aromatic rings. The third kappa shape index (κ3) is 3.04. The van der Waals surface area contributed by atoms with Crippen molar-refractivity contribution >= 4 is 17.5 Å². The summed E-state index contributed by atoms with van der Waals surface area (Å²) in [4.78, 5) is 22.2. The second-order valence-electron chi connectivity index (χ2n) is 4.99. The third-order valence-electron chi connectivity index (χ3n) is 3.46. The Morgan fingerprint density at radius 3 is 2.90 bits per heavy atom. The van der Waals surface area contributed by atoms with Crippen molar-refractivity contribution in [2.24, 2.45) is 0 Å². The summed E-state index contributed by atoms with van der Waals surface area (Å²) in [6, 6.07) is 8.93. The van der Waals surface area contributed by atoms with Gasteiger partial charge in [0.25, 0.3) is 5.91 Å². The highest BCUT2D eigenvalue weighted by molar-refractivity contribution is 6.30. The molecule has 1 saturated heterocycles. The van der Waals surface area contributed by atoms with Crippen molar-refractivity contribution in [1.29, 1.82) is 0 Å². The first-order valence-corrected chi connectivity index (χ1v) is 7.06. The number of halogens is 1. The monoisotopic (exact) mass is 303 g/mol. The van der Waals surface area contributed by atoms with E-state index in [1.165, 1.54) is 6.33 Å². The average Bonchev–Trinajstić information content (AvgIpc) is 2.93. The van der Waals surface area contributed by atoms with Crippen molar-refractivity contribution in [2.45, 2.75) is 12.5 Å². The number of likely N-dealkylation sites (tertiary alicyclic amines) is 1. The molecular weight excluding hydrogens is 290 g/mol. The number of β-amino-alcohol motifs (C(OH)–C–C–N with tert-alkyl or cyclic N) is 1. The number of rotatable bonds is 2. The second kappa shape index (κ2) is 5.79. The largest absolute Gasteiger partial charge is 0.391 e. The number of aliphatic hydroxyl groups excluding tert-OH is 1. The molecule has 6 heteroatoms. The molecule has 1 aromatic carbocycles. The molecule has 0 spiro atoms. The number of carbonyl (C=O) groups is 1. The van der Waals surface area contributed by atoms with E-state index in [4.69, 9.17) is 11.6 Å². The fraction of sp³-hybridized carbons (Fsp3) is 0.267. The van der Waals surface area contributed by atoms with Gasteiger partial charge in [-0.3, -0.25) is 4.79 Å². The Kier molecular flexibility index (Phi) is 3.86. The van der Waals surface area contributed by atoms with Crippen LogP contribution in [-0.2, 0) is 0 Å². The zero-order valence-corrected chi connectivity index (χ0v) is 12.0. The van der Waals surface area contributed by atoms with Gasteiger partial charge >= 0.3 is 0 Å². The summed E-state index contributed by atoms with van der Waals surface area (Å²) in [5, 5.41) is 10.1. The summed E-state index contributed by atoms with van der Waals surface area (Å²) >= 11 is 5.97. The van der Waals surface area contributed by atoms with Gasteiger partial charge in [-0.05, 0) is 24.6 Å². The minimum Gasteiger partial charge on any atom is -0.391 e. The molecule has 1 aliphatic heterocycles. The summed E-state index contributed by atoms with van der Waals surface area (Å²) in [6.45, 7) is 0.909. The van der Waals surface area contributed by atoms with Crippen molar-refractivity contribution in [3.05, 3.63) is 47.4 Å². The minimum absolute atomic E-state index is 0.183. The lowest BCUT2D eigenvalue weighted by Gasteiger charge is -2.15. The standard InChI is InChI=1S/C15H14ClN3O2/c16-11-3-1-2-10(6-11)13-7-14(18-9-17-13)15(21)19-5-4-12(20)8-19/h1-3,6-7,9,12,20H,4-5,8H2/t12-/m0/s1. The predicted octanol–water partition coefficient (Wildman–Crippen LogP) is 2.00. The van der Waals surface area contributed by atoms with Crippen LogP contribution in [0.1, 0.15) is 16.9 Å². The molecule has 1 aliphatic rings. The first-order valence-electron chi connectivity index (χ1n) is 6.69. The van der Waals surface area contributed by atoms with Crippen LogP contribution in [0.5, 0.6) is 0 Å². The Bertz CT molecular complexity index is 677. The van der Waals surface area contributed by atoms with E-state index in [9.17, 15) is 9.90 Å². The third-order valence-corrected chi connectivity index (χ3v) is 3.69. The molecule has 1 N–H and O–H groups in total. The van der Waals surface area contributed by atoms with Gasteiger partial charge in [-0.25, -0.2) is 9.97 Å². The zero-order valence-electron chi connectivity index (χ0n) is 11.2. The Balaban J connectivity index is 1.88. The van der Waals surface area contributed by atoms with Crippen LogP contribution in [0.25, 0.3) is 11.3 Å². The molecule has 5 nitrogen and oxygen atoms in total. The van der Waals surface area contributed by atoms with Gasteiger partial charge < -0.3 is 10.0 Å². The number of aliphatic hydroxyl groups is 1. The molecule has 1 fully saturated rings. The number of nitrogens with zero attached hydrogens (tertiary/aromatic N) is 3. The van der Waals surface area contributed by atoms with Gasteiger partial charge in [0.15, 0.2) is 0 Å². The van der Waals surface area contributed by atoms with Crippen LogP contribution >= 0.6 is 11.6 Å². The minimum atomic E-state index is -0.441. The molecule has 0 aliphatic carbocycles. The quantitative estimate of drug-likeness (QED) is 0.921. The van der Waals surface area contributed by atoms with Crippen molar-refractivity contribution in [3.63, 3.8) is 0 Å². The molecule has 0 radical (unpaired) electrons. The molecule has 3 rings (SSSR count). The van der Waals surface area contributed by atoms with Gasteiger partial charge in [0, 0.05) is 23.7 Å². The molecule has 0 unspecified atom stereocenters. The van der Waals surface area contributed by atoms with Gasteiger partial charge in [0.2, 0.25) is 0 Å². The zero-order chi connectivity index (χ0) is 14.8. The Morgan fingerprint density at radius 1 is 1.33 bits per heavy atom. The number of amides is 1. The molecule has 21 heavy (non-hydrogen) atoms. The number of hydrogen-bond acceptors (Lipinski definition) is 4. The number of benzene rings is 1. The Hall–Kier alpha value is -1.98. The Labute approximate surface area is 127 Å². The van der Waals surface area contributed by atoms with Gasteiger partial charge in [-0.2, -0.15) is 0 Å². The van der Waals surface area contributed by atoms with Crippen LogP contribution in [0.4, 0.5) is 0 Å². The highest BCUT2D eigenvalue weighted by Gasteiger charge is 2.26. The van der Waals surface area contributed by atoms with Crippen molar-refractivity contribution < 1.29 is 9.90 Å². The molecule has 2 heterocycles. The van der Waals surface area contributed by atoms with Crippen LogP contribution in [0.3, 0.4) is 0 Å². The fourth-order valence-corrected chi connectivity index (χ4v) is 2.56. The van der Waals surface area contributed by atoms with E-state index in [0.29, 0.717) is 35.9 Å². The lowest BCUT2D eigenvalue weighted by molar-refractivity contribution is 0.0759. The van der Waals surface area contributed by atoms with Gasteiger partial charge in [-0.1, -0.05) is 23.7 Å². The molecule has 1 aromatic heterocycles. The SMILES string of the molecule is O=C(c1cc(-c2cccc(Cl)c2)ncn1)N1CC[C@H](O)C1. The number of aromatic nitrogens is 2. The van der Waals surface area contributed by atoms with Gasteiger partial charge in [0.1, 0.15) is 12.0 Å². The van der Waals surface area contributed by atoms with E-state index < -0.39 is 6.10 Å². The van der Waals surface area contributed by atoms with E-state index in [1.54, 1.807) is 23.1 Å². The molecule has 1 atom stereocenters. The lowest BCUT2D eigenvalue weighted by atomic mass is 10.1. The summed E-state index contributed by atoms with van der Waals surface area (Å²) in [7, 11) is 0. The van der Waals surface area contributed by atoms with E-state index in [2.05, 4.69) is 9.97 Å². The first kappa shape index (κ1) is 14.0. The van der Waals surface area contributed by atoms with E-state index in [-0.39, 0.29) is 5.91 Å². The van der Waals surface area contributed by atoms with Crippen LogP contribution in [0.15, 0.2) is 36.7 Å². The van der Waals surface area contributed by atoms with E-state index in [1.807, 2.05) is 12.1 Å².